The molecule has 0 bridgehead atoms. The molecule has 208 valence electrons. The molecule has 9 heteroatoms. The molecule has 11 atom stereocenters. The SMILES string of the molecule is COS(=O)(=O)CCNC(=O)CC[C@@H](C)[C@H]1CC[C@H]2[C@@H]3[C@H](O)CC4C[C@H](O)CC[C@]4(C)[C@H]3C[C@H](O)[C@]12C. The number of hydrogen-bond acceptors (Lipinski definition) is 7. The van der Waals surface area contributed by atoms with Gasteiger partial charge in [-0.1, -0.05) is 20.8 Å². The second-order valence-corrected chi connectivity index (χ2v) is 14.7. The zero-order valence-electron chi connectivity index (χ0n) is 22.4. The number of nitrogens with one attached hydrogen (secondary N) is 1. The second-order valence-electron chi connectivity index (χ2n) is 12.8. The summed E-state index contributed by atoms with van der Waals surface area (Å²) in [5.41, 5.74) is -0.231. The monoisotopic (exact) mass is 529 g/mol. The van der Waals surface area contributed by atoms with Gasteiger partial charge in [0, 0.05) is 13.0 Å². The summed E-state index contributed by atoms with van der Waals surface area (Å²) in [6, 6.07) is 0. The summed E-state index contributed by atoms with van der Waals surface area (Å²) in [6.07, 6.45) is 5.85. The van der Waals surface area contributed by atoms with Gasteiger partial charge >= 0.3 is 0 Å². The first-order chi connectivity index (χ1) is 16.8. The van der Waals surface area contributed by atoms with Gasteiger partial charge in [-0.25, -0.2) is 0 Å². The summed E-state index contributed by atoms with van der Waals surface area (Å²) in [5, 5.41) is 36.0. The van der Waals surface area contributed by atoms with Gasteiger partial charge in [0.2, 0.25) is 5.91 Å². The summed E-state index contributed by atoms with van der Waals surface area (Å²) in [4.78, 5) is 12.3. The van der Waals surface area contributed by atoms with Gasteiger partial charge in [-0.05, 0) is 97.7 Å². The van der Waals surface area contributed by atoms with Crippen LogP contribution in [-0.2, 0) is 19.1 Å². The van der Waals surface area contributed by atoms with Crippen molar-refractivity contribution in [1.29, 1.82) is 0 Å². The van der Waals surface area contributed by atoms with Crippen LogP contribution in [0.15, 0.2) is 0 Å². The molecule has 0 spiro atoms. The average molecular weight is 530 g/mol. The van der Waals surface area contributed by atoms with Crippen LogP contribution in [0.3, 0.4) is 0 Å². The van der Waals surface area contributed by atoms with Crippen LogP contribution in [0, 0.1) is 46.3 Å². The fourth-order valence-electron chi connectivity index (χ4n) is 9.18. The summed E-state index contributed by atoms with van der Waals surface area (Å²) in [7, 11) is -2.48. The van der Waals surface area contributed by atoms with Gasteiger partial charge in [-0.2, -0.15) is 8.42 Å². The van der Waals surface area contributed by atoms with Crippen molar-refractivity contribution in [3.05, 3.63) is 0 Å². The van der Waals surface area contributed by atoms with Crippen LogP contribution in [0.1, 0.15) is 78.6 Å². The molecule has 8 nitrogen and oxygen atoms in total. The number of fused-ring (bicyclic) bond motifs is 5. The van der Waals surface area contributed by atoms with Crippen molar-refractivity contribution in [3.8, 4) is 0 Å². The Kier molecular flexibility index (Phi) is 8.20. The van der Waals surface area contributed by atoms with Gasteiger partial charge in [-0.3, -0.25) is 8.98 Å². The van der Waals surface area contributed by atoms with Crippen molar-refractivity contribution in [1.82, 2.24) is 5.32 Å². The number of rotatable bonds is 8. The highest BCUT2D eigenvalue weighted by Crippen LogP contribution is 2.68. The number of amides is 1. The highest BCUT2D eigenvalue weighted by atomic mass is 32.2. The van der Waals surface area contributed by atoms with E-state index in [4.69, 9.17) is 0 Å². The lowest BCUT2D eigenvalue weighted by Crippen LogP contribution is -2.62. The molecule has 4 N–H and O–H groups in total. The summed E-state index contributed by atoms with van der Waals surface area (Å²) < 4.78 is 27.3. The molecule has 4 saturated carbocycles. The molecular formula is C27H47NO7S. The number of carbonyl (C=O) groups excluding carboxylic acids is 1. The highest BCUT2D eigenvalue weighted by Gasteiger charge is 2.65. The van der Waals surface area contributed by atoms with Crippen molar-refractivity contribution < 1.29 is 32.7 Å². The molecule has 4 aliphatic rings. The quantitative estimate of drug-likeness (QED) is 0.355. The summed E-state index contributed by atoms with van der Waals surface area (Å²) >= 11 is 0. The minimum absolute atomic E-state index is 0.0308. The van der Waals surface area contributed by atoms with E-state index in [1.54, 1.807) is 0 Å². The van der Waals surface area contributed by atoms with E-state index < -0.39 is 22.3 Å². The molecule has 1 unspecified atom stereocenters. The number of aliphatic hydroxyl groups is 3. The van der Waals surface area contributed by atoms with Crippen LogP contribution in [0.5, 0.6) is 0 Å². The smallest absolute Gasteiger partial charge is 0.268 e. The van der Waals surface area contributed by atoms with E-state index in [2.05, 4.69) is 30.3 Å². The van der Waals surface area contributed by atoms with Crippen LogP contribution in [0.25, 0.3) is 0 Å². The van der Waals surface area contributed by atoms with E-state index in [0.29, 0.717) is 25.2 Å². The molecule has 0 aliphatic heterocycles. The number of carbonyl (C=O) groups is 1. The van der Waals surface area contributed by atoms with E-state index in [1.807, 2.05) is 0 Å². The van der Waals surface area contributed by atoms with Crippen LogP contribution in [0.2, 0.25) is 0 Å². The maximum Gasteiger partial charge on any atom is 0.268 e. The number of aliphatic hydroxyl groups excluding tert-OH is 3. The Morgan fingerprint density at radius 1 is 1.08 bits per heavy atom. The Hall–Kier alpha value is -0.740. The van der Waals surface area contributed by atoms with Gasteiger partial charge in [-0.15, -0.1) is 0 Å². The topological polar surface area (TPSA) is 133 Å². The van der Waals surface area contributed by atoms with Gasteiger partial charge in [0.05, 0.1) is 31.2 Å². The van der Waals surface area contributed by atoms with Crippen LogP contribution < -0.4 is 5.32 Å². The largest absolute Gasteiger partial charge is 0.393 e. The maximum atomic E-state index is 12.3. The molecule has 0 heterocycles. The molecule has 0 aromatic heterocycles. The third kappa shape index (κ3) is 4.99. The lowest BCUT2D eigenvalue weighted by Gasteiger charge is -2.63. The lowest BCUT2D eigenvalue weighted by atomic mass is 9.43. The van der Waals surface area contributed by atoms with Gasteiger partial charge in [0.1, 0.15) is 0 Å². The Morgan fingerprint density at radius 2 is 1.81 bits per heavy atom. The van der Waals surface area contributed by atoms with Crippen LogP contribution in [-0.4, -0.2) is 67.4 Å². The van der Waals surface area contributed by atoms with Crippen LogP contribution in [0.4, 0.5) is 0 Å². The minimum atomic E-state index is -3.59. The third-order valence-electron chi connectivity index (χ3n) is 11.3. The first-order valence-corrected chi connectivity index (χ1v) is 15.5. The fourth-order valence-corrected chi connectivity index (χ4v) is 9.70. The minimum Gasteiger partial charge on any atom is -0.393 e. The van der Waals surface area contributed by atoms with Gasteiger partial charge in [0.25, 0.3) is 10.1 Å². The molecule has 0 aromatic rings. The molecule has 0 radical (unpaired) electrons. The van der Waals surface area contributed by atoms with Crippen molar-refractivity contribution in [2.75, 3.05) is 19.4 Å². The first kappa shape index (κ1) is 28.3. The van der Waals surface area contributed by atoms with Gasteiger partial charge in [0.15, 0.2) is 0 Å². The Labute approximate surface area is 216 Å². The van der Waals surface area contributed by atoms with Crippen molar-refractivity contribution in [2.45, 2.75) is 96.9 Å². The zero-order valence-corrected chi connectivity index (χ0v) is 23.2. The predicted octanol–water partition coefficient (Wildman–Crippen LogP) is 2.46. The third-order valence-corrected chi connectivity index (χ3v) is 12.5. The fraction of sp³-hybridized carbons (Fsp3) is 0.963. The lowest BCUT2D eigenvalue weighted by molar-refractivity contribution is -0.207. The molecule has 36 heavy (non-hydrogen) atoms. The van der Waals surface area contributed by atoms with E-state index in [9.17, 15) is 28.5 Å². The van der Waals surface area contributed by atoms with Crippen LogP contribution >= 0.6 is 0 Å². The molecule has 4 fully saturated rings. The Balaban J connectivity index is 1.41. The Morgan fingerprint density at radius 3 is 2.50 bits per heavy atom. The summed E-state index contributed by atoms with van der Waals surface area (Å²) in [6.45, 7) is 6.75. The first-order valence-electron chi connectivity index (χ1n) is 13.9. The predicted molar refractivity (Wildman–Crippen MR) is 136 cm³/mol. The van der Waals surface area contributed by atoms with E-state index in [0.717, 1.165) is 45.6 Å². The highest BCUT2D eigenvalue weighted by molar-refractivity contribution is 7.86. The average Bonchev–Trinajstić information content (AvgIpc) is 3.18. The van der Waals surface area contributed by atoms with Crippen molar-refractivity contribution >= 4 is 16.0 Å². The molecule has 4 rings (SSSR count). The van der Waals surface area contributed by atoms with E-state index in [1.165, 1.54) is 0 Å². The van der Waals surface area contributed by atoms with Crippen molar-refractivity contribution in [3.63, 3.8) is 0 Å². The second kappa shape index (κ2) is 10.4. The molecule has 1 amide bonds. The molecule has 4 aliphatic carbocycles. The van der Waals surface area contributed by atoms with Gasteiger partial charge < -0.3 is 20.6 Å². The molecular weight excluding hydrogens is 482 g/mol. The zero-order chi connectivity index (χ0) is 26.5. The normalized spacial score (nSPS) is 45.3. The van der Waals surface area contributed by atoms with E-state index >= 15 is 0 Å². The standard InChI is InChI=1S/C27H47NO7S/c1-16(5-8-24(32)28-11-12-36(33,34)35-4)19-6-7-20-25-21(15-23(31)27(19,20)3)26(2)10-9-18(29)13-17(26)14-22(25)30/h16-23,25,29-31H,5-15H2,1-4H3,(H,28,32)/t16-,17?,18-,19-,20+,21+,22-,23+,25+,26+,27-/m1/s1. The maximum absolute atomic E-state index is 12.3. The van der Waals surface area contributed by atoms with E-state index in [-0.39, 0.29) is 64.7 Å². The Bertz CT molecular complexity index is 912. The number of hydrogen-bond donors (Lipinski definition) is 4. The van der Waals surface area contributed by atoms with Crippen molar-refractivity contribution in [2.24, 2.45) is 46.3 Å². The summed E-state index contributed by atoms with van der Waals surface area (Å²) in [5.74, 6) is 1.10. The molecule has 0 saturated heterocycles. The molecule has 0 aromatic carbocycles.